The van der Waals surface area contributed by atoms with Gasteiger partial charge in [-0.3, -0.25) is 0 Å². The van der Waals surface area contributed by atoms with Gasteiger partial charge in [-0.05, 0) is 12.1 Å². The van der Waals surface area contributed by atoms with Crippen LogP contribution in [0.15, 0.2) is 24.3 Å². The van der Waals surface area contributed by atoms with Crippen LogP contribution in [0, 0.1) is 0 Å². The van der Waals surface area contributed by atoms with E-state index in [-0.39, 0.29) is 0 Å². The third-order valence-electron chi connectivity index (χ3n) is 1.70. The van der Waals surface area contributed by atoms with Gasteiger partial charge >= 0.3 is 6.03 Å². The van der Waals surface area contributed by atoms with Crippen molar-refractivity contribution in [2.45, 2.75) is 0 Å². The fourth-order valence-corrected chi connectivity index (χ4v) is 1.04. The zero-order valence-electron chi connectivity index (χ0n) is 7.79. The Labute approximate surface area is 82.5 Å². The fraction of sp³-hybridized carbons (Fsp3) is 0.222. The van der Waals surface area contributed by atoms with Crippen molar-refractivity contribution in [3.8, 4) is 0 Å². The van der Waals surface area contributed by atoms with Crippen molar-refractivity contribution in [1.29, 1.82) is 0 Å². The van der Waals surface area contributed by atoms with Crippen LogP contribution in [0.1, 0.15) is 0 Å². The number of anilines is 2. The Morgan fingerprint density at radius 3 is 2.64 bits per heavy atom. The van der Waals surface area contributed by atoms with Crippen LogP contribution in [0.5, 0.6) is 0 Å². The number of primary amides is 1. The van der Waals surface area contributed by atoms with E-state index in [0.29, 0.717) is 18.8 Å². The Kier molecular flexibility index (Phi) is 3.60. The summed E-state index contributed by atoms with van der Waals surface area (Å²) in [6.07, 6.45) is 0. The summed E-state index contributed by atoms with van der Waals surface area (Å²) in [6, 6.07) is 6.92. The van der Waals surface area contributed by atoms with Gasteiger partial charge in [-0.25, -0.2) is 4.79 Å². The summed E-state index contributed by atoms with van der Waals surface area (Å²) in [5.74, 6) is 0. The quantitative estimate of drug-likeness (QED) is 0.411. The average Bonchev–Trinajstić information content (AvgIpc) is 2.15. The minimum absolute atomic E-state index is 0.476. The molecule has 0 unspecified atom stereocenters. The lowest BCUT2D eigenvalue weighted by Gasteiger charge is -2.08. The molecule has 0 aliphatic rings. The molecule has 14 heavy (non-hydrogen) atoms. The molecule has 0 spiro atoms. The van der Waals surface area contributed by atoms with Crippen LogP contribution in [0.25, 0.3) is 0 Å². The summed E-state index contributed by atoms with van der Waals surface area (Å²) in [6.45, 7) is 1.07. The van der Waals surface area contributed by atoms with Gasteiger partial charge < -0.3 is 22.1 Å². The largest absolute Gasteiger partial charge is 0.397 e. The van der Waals surface area contributed by atoms with Crippen molar-refractivity contribution in [3.05, 3.63) is 24.3 Å². The number of para-hydroxylation sites is 2. The number of nitrogens with one attached hydrogen (secondary N) is 2. The summed E-state index contributed by atoms with van der Waals surface area (Å²) in [5, 5.41) is 5.54. The highest BCUT2D eigenvalue weighted by Crippen LogP contribution is 2.15. The third-order valence-corrected chi connectivity index (χ3v) is 1.70. The van der Waals surface area contributed by atoms with Crippen molar-refractivity contribution >= 4 is 17.4 Å². The number of rotatable bonds is 4. The van der Waals surface area contributed by atoms with Gasteiger partial charge in [0.2, 0.25) is 0 Å². The van der Waals surface area contributed by atoms with E-state index in [1.807, 2.05) is 24.3 Å². The molecule has 0 atom stereocenters. The average molecular weight is 194 g/mol. The topological polar surface area (TPSA) is 93.2 Å². The number of urea groups is 1. The molecule has 0 fully saturated rings. The molecule has 1 aromatic carbocycles. The van der Waals surface area contributed by atoms with Crippen LogP contribution in [-0.4, -0.2) is 19.1 Å². The highest BCUT2D eigenvalue weighted by atomic mass is 16.2. The molecule has 1 rings (SSSR count). The minimum atomic E-state index is -0.521. The molecule has 76 valence electrons. The Hall–Kier alpha value is -1.91. The number of carbonyl (C=O) groups excluding carboxylic acids is 1. The molecule has 2 amide bonds. The van der Waals surface area contributed by atoms with Gasteiger partial charge in [-0.15, -0.1) is 0 Å². The molecule has 0 saturated heterocycles. The first-order valence-electron chi connectivity index (χ1n) is 4.32. The van der Waals surface area contributed by atoms with E-state index in [9.17, 15) is 4.79 Å². The number of carbonyl (C=O) groups is 1. The molecule has 0 saturated carbocycles. The van der Waals surface area contributed by atoms with E-state index in [2.05, 4.69) is 10.6 Å². The summed E-state index contributed by atoms with van der Waals surface area (Å²) in [5.41, 5.74) is 12.1. The second kappa shape index (κ2) is 4.96. The van der Waals surface area contributed by atoms with Crippen LogP contribution in [-0.2, 0) is 0 Å². The Morgan fingerprint density at radius 1 is 1.29 bits per heavy atom. The van der Waals surface area contributed by atoms with E-state index in [0.717, 1.165) is 5.69 Å². The smallest absolute Gasteiger partial charge is 0.312 e. The third kappa shape index (κ3) is 3.22. The van der Waals surface area contributed by atoms with Crippen LogP contribution < -0.4 is 22.1 Å². The molecule has 0 aliphatic heterocycles. The van der Waals surface area contributed by atoms with Crippen molar-refractivity contribution in [2.24, 2.45) is 5.73 Å². The SMILES string of the molecule is NC(=O)NCCNc1ccccc1N. The van der Waals surface area contributed by atoms with Gasteiger partial charge in [0, 0.05) is 13.1 Å². The molecular formula is C9H14N4O. The van der Waals surface area contributed by atoms with Crippen molar-refractivity contribution in [2.75, 3.05) is 24.1 Å². The molecule has 0 aromatic heterocycles. The van der Waals surface area contributed by atoms with Gasteiger partial charge in [0.05, 0.1) is 11.4 Å². The lowest BCUT2D eigenvalue weighted by Crippen LogP contribution is -2.33. The molecule has 6 N–H and O–H groups in total. The van der Waals surface area contributed by atoms with Crippen LogP contribution in [0.2, 0.25) is 0 Å². The number of hydrogen-bond donors (Lipinski definition) is 4. The number of hydrogen-bond acceptors (Lipinski definition) is 3. The maximum absolute atomic E-state index is 10.3. The number of nitrogens with two attached hydrogens (primary N) is 2. The van der Waals surface area contributed by atoms with Gasteiger partial charge in [-0.1, -0.05) is 12.1 Å². The molecular weight excluding hydrogens is 180 g/mol. The molecule has 0 aliphatic carbocycles. The maximum Gasteiger partial charge on any atom is 0.312 e. The molecule has 0 heterocycles. The van der Waals surface area contributed by atoms with Gasteiger partial charge in [-0.2, -0.15) is 0 Å². The highest BCUT2D eigenvalue weighted by Gasteiger charge is 1.95. The molecule has 5 nitrogen and oxygen atoms in total. The normalized spacial score (nSPS) is 9.43. The van der Waals surface area contributed by atoms with Gasteiger partial charge in [0.15, 0.2) is 0 Å². The van der Waals surface area contributed by atoms with E-state index in [1.165, 1.54) is 0 Å². The van der Waals surface area contributed by atoms with Crippen LogP contribution in [0.4, 0.5) is 16.2 Å². The monoisotopic (exact) mass is 194 g/mol. The van der Waals surface area contributed by atoms with Gasteiger partial charge in [0.25, 0.3) is 0 Å². The highest BCUT2D eigenvalue weighted by molar-refractivity contribution is 5.71. The van der Waals surface area contributed by atoms with Crippen molar-refractivity contribution in [3.63, 3.8) is 0 Å². The standard InChI is InChI=1S/C9H14N4O/c10-7-3-1-2-4-8(7)12-5-6-13-9(11)14/h1-4,12H,5-6,10H2,(H3,11,13,14). The van der Waals surface area contributed by atoms with Crippen LogP contribution >= 0.6 is 0 Å². The lowest BCUT2D eigenvalue weighted by atomic mass is 10.3. The number of nitrogen functional groups attached to an aromatic ring is 1. The molecule has 0 radical (unpaired) electrons. The molecule has 1 aromatic rings. The zero-order valence-corrected chi connectivity index (χ0v) is 7.79. The van der Waals surface area contributed by atoms with E-state index >= 15 is 0 Å². The summed E-state index contributed by atoms with van der Waals surface area (Å²) in [7, 11) is 0. The minimum Gasteiger partial charge on any atom is -0.397 e. The Morgan fingerprint density at radius 2 is 2.00 bits per heavy atom. The second-order valence-corrected chi connectivity index (χ2v) is 2.81. The second-order valence-electron chi connectivity index (χ2n) is 2.81. The fourth-order valence-electron chi connectivity index (χ4n) is 1.04. The van der Waals surface area contributed by atoms with E-state index < -0.39 is 6.03 Å². The first kappa shape index (κ1) is 10.2. The summed E-state index contributed by atoms with van der Waals surface area (Å²) in [4.78, 5) is 10.3. The van der Waals surface area contributed by atoms with E-state index in [1.54, 1.807) is 0 Å². The maximum atomic E-state index is 10.3. The molecule has 0 bridgehead atoms. The lowest BCUT2D eigenvalue weighted by molar-refractivity contribution is 0.249. The Bertz CT molecular complexity index is 313. The summed E-state index contributed by atoms with van der Waals surface area (Å²) < 4.78 is 0. The van der Waals surface area contributed by atoms with Crippen molar-refractivity contribution < 1.29 is 4.79 Å². The Balaban J connectivity index is 2.31. The first-order chi connectivity index (χ1) is 6.70. The predicted molar refractivity (Wildman–Crippen MR) is 56.9 cm³/mol. The zero-order chi connectivity index (χ0) is 10.4. The first-order valence-corrected chi connectivity index (χ1v) is 4.32. The van der Waals surface area contributed by atoms with Crippen LogP contribution in [0.3, 0.4) is 0 Å². The number of benzene rings is 1. The van der Waals surface area contributed by atoms with Crippen molar-refractivity contribution in [1.82, 2.24) is 5.32 Å². The summed E-state index contributed by atoms with van der Waals surface area (Å²) >= 11 is 0. The van der Waals surface area contributed by atoms with Gasteiger partial charge in [0.1, 0.15) is 0 Å². The van der Waals surface area contributed by atoms with E-state index in [4.69, 9.17) is 11.5 Å². The number of amides is 2. The molecule has 5 heteroatoms. The predicted octanol–water partition coefficient (Wildman–Crippen LogP) is 0.349.